The van der Waals surface area contributed by atoms with Crippen molar-refractivity contribution in [2.24, 2.45) is 22.7 Å². The number of esters is 1. The summed E-state index contributed by atoms with van der Waals surface area (Å²) in [5.74, 6) is 1.17. The van der Waals surface area contributed by atoms with Gasteiger partial charge in [-0.1, -0.05) is 33.8 Å². The Labute approximate surface area is 153 Å². The molecule has 0 spiro atoms. The lowest BCUT2D eigenvalue weighted by Crippen LogP contribution is -2.46. The molecule has 1 aliphatic carbocycles. The van der Waals surface area contributed by atoms with Crippen LogP contribution in [0, 0.1) is 28.1 Å². The largest absolute Gasteiger partial charge is 0.460 e. The van der Waals surface area contributed by atoms with Gasteiger partial charge in [0.1, 0.15) is 5.60 Å². The zero-order valence-electron chi connectivity index (χ0n) is 17.2. The van der Waals surface area contributed by atoms with E-state index in [1.54, 1.807) is 0 Å². The van der Waals surface area contributed by atoms with E-state index in [-0.39, 0.29) is 17.0 Å². The molecule has 1 aliphatic rings. The van der Waals surface area contributed by atoms with Gasteiger partial charge in [-0.05, 0) is 69.1 Å². The average molecular weight is 352 g/mol. The van der Waals surface area contributed by atoms with E-state index >= 15 is 0 Å². The first kappa shape index (κ1) is 23.6. The van der Waals surface area contributed by atoms with Crippen molar-refractivity contribution in [3.8, 4) is 0 Å². The summed E-state index contributed by atoms with van der Waals surface area (Å²) in [5.41, 5.74) is 0.216. The third-order valence-corrected chi connectivity index (χ3v) is 5.59. The van der Waals surface area contributed by atoms with Crippen LogP contribution < -0.4 is 0 Å². The number of allylic oxidation sites excluding steroid dienone is 1. The zero-order chi connectivity index (χ0) is 19.9. The van der Waals surface area contributed by atoms with Crippen LogP contribution in [0.1, 0.15) is 80.6 Å². The molecule has 0 bridgehead atoms. The van der Waals surface area contributed by atoms with E-state index in [1.807, 2.05) is 26.8 Å². The molecule has 0 radical (unpaired) electrons. The van der Waals surface area contributed by atoms with Crippen molar-refractivity contribution >= 4 is 12.0 Å². The average Bonchev–Trinajstić information content (AvgIpc) is 2.37. The maximum atomic E-state index is 12.0. The Hall–Kier alpha value is -1.41. The Bertz CT molecular complexity index is 472. The fourth-order valence-corrected chi connectivity index (χ4v) is 3.63. The maximum Gasteiger partial charge on any atom is 0.306 e. The number of ether oxygens (including phenoxy) is 1. The minimum absolute atomic E-state index is 0.0421. The normalized spacial score (nSPS) is 22.4. The van der Waals surface area contributed by atoms with E-state index in [9.17, 15) is 4.79 Å². The van der Waals surface area contributed by atoms with E-state index in [4.69, 9.17) is 14.9 Å². The van der Waals surface area contributed by atoms with Gasteiger partial charge in [0.2, 0.25) is 6.08 Å². The number of nitrogens with one attached hydrogen (secondary N) is 1. The molecular formula is C21H37NO3. The molecule has 1 saturated carbocycles. The van der Waals surface area contributed by atoms with Gasteiger partial charge in [-0.2, -0.15) is 0 Å². The molecule has 0 saturated heterocycles. The molecule has 144 valence electrons. The highest BCUT2D eigenvalue weighted by Crippen LogP contribution is 2.57. The molecule has 0 aliphatic heterocycles. The van der Waals surface area contributed by atoms with E-state index in [1.165, 1.54) is 6.42 Å². The molecule has 25 heavy (non-hydrogen) atoms. The summed E-state index contributed by atoms with van der Waals surface area (Å²) in [5, 5.41) is 5.40. The van der Waals surface area contributed by atoms with E-state index in [0.29, 0.717) is 23.7 Å². The van der Waals surface area contributed by atoms with Gasteiger partial charge < -0.3 is 4.74 Å². The molecule has 1 atom stereocenters. The fraction of sp³-hybridized carbons (Fsp3) is 0.810. The van der Waals surface area contributed by atoms with Crippen LogP contribution in [0.15, 0.2) is 12.7 Å². The number of isocyanates is 1. The van der Waals surface area contributed by atoms with Crippen LogP contribution in [0.5, 0.6) is 0 Å². The number of hydrogen-bond donors (Lipinski definition) is 1. The highest BCUT2D eigenvalue weighted by molar-refractivity contribution is 5.70. The van der Waals surface area contributed by atoms with Gasteiger partial charge in [0, 0.05) is 6.42 Å². The lowest BCUT2D eigenvalue weighted by Gasteiger charge is -2.54. The second-order valence-electron chi connectivity index (χ2n) is 9.42. The molecule has 1 fully saturated rings. The smallest absolute Gasteiger partial charge is 0.306 e. The Morgan fingerprint density at radius 3 is 2.04 bits per heavy atom. The predicted molar refractivity (Wildman–Crippen MR) is 102 cm³/mol. The summed E-state index contributed by atoms with van der Waals surface area (Å²) in [6.45, 7) is 19.1. The van der Waals surface area contributed by atoms with Gasteiger partial charge in [-0.15, -0.1) is 6.58 Å². The lowest BCUT2D eigenvalue weighted by atomic mass is 9.51. The summed E-state index contributed by atoms with van der Waals surface area (Å²) in [6.07, 6.45) is 7.93. The van der Waals surface area contributed by atoms with E-state index < -0.39 is 0 Å². The van der Waals surface area contributed by atoms with Gasteiger partial charge in [0.25, 0.3) is 0 Å². The standard InChI is InChI=1S/C20H36O2.CHNO/c1-9-10-11-20(8,18(2,3)4)16-12-15(13-16)14-17(21)22-19(5,6)7;2-1-3/h9,15-16H,1,10-14H2,2-8H3;2H. The highest BCUT2D eigenvalue weighted by atomic mass is 16.6. The topological polar surface area (TPSA) is 67.2 Å². The third kappa shape index (κ3) is 7.56. The van der Waals surface area contributed by atoms with Crippen LogP contribution in [0.2, 0.25) is 0 Å². The first-order valence-electron chi connectivity index (χ1n) is 9.17. The van der Waals surface area contributed by atoms with Crippen molar-refractivity contribution in [2.75, 3.05) is 0 Å². The molecule has 4 nitrogen and oxygen atoms in total. The third-order valence-electron chi connectivity index (χ3n) is 5.59. The summed E-state index contributed by atoms with van der Waals surface area (Å²) >= 11 is 0. The maximum absolute atomic E-state index is 12.0. The fourth-order valence-electron chi connectivity index (χ4n) is 3.63. The summed E-state index contributed by atoms with van der Waals surface area (Å²) in [4.78, 5) is 20.3. The lowest BCUT2D eigenvalue weighted by molar-refractivity contribution is -0.158. The SMILES string of the molecule is C=CCCC(C)(C1CC(CC(=O)OC(C)(C)C)C1)C(C)(C)C.N=C=O. The van der Waals surface area contributed by atoms with Crippen molar-refractivity contribution in [3.05, 3.63) is 12.7 Å². The minimum Gasteiger partial charge on any atom is -0.460 e. The van der Waals surface area contributed by atoms with Gasteiger partial charge in [-0.3, -0.25) is 4.79 Å². The number of hydrogen-bond acceptors (Lipinski definition) is 4. The molecular weight excluding hydrogens is 314 g/mol. The van der Waals surface area contributed by atoms with E-state index in [0.717, 1.165) is 25.3 Å². The molecule has 4 heteroatoms. The first-order chi connectivity index (χ1) is 11.3. The monoisotopic (exact) mass is 351 g/mol. The molecule has 0 amide bonds. The van der Waals surface area contributed by atoms with Crippen LogP contribution in [-0.2, 0) is 14.3 Å². The van der Waals surface area contributed by atoms with Crippen molar-refractivity contribution < 1.29 is 14.3 Å². The van der Waals surface area contributed by atoms with Crippen LogP contribution in [-0.4, -0.2) is 17.7 Å². The van der Waals surface area contributed by atoms with Crippen LogP contribution >= 0.6 is 0 Å². The number of carbonyl (C=O) groups excluding carboxylic acids is 2. The quantitative estimate of drug-likeness (QED) is 0.290. The Morgan fingerprint density at radius 2 is 1.68 bits per heavy atom. The Balaban J connectivity index is 0.00000178. The summed E-state index contributed by atoms with van der Waals surface area (Å²) in [7, 11) is 0. The van der Waals surface area contributed by atoms with Gasteiger partial charge >= 0.3 is 5.97 Å². The second-order valence-corrected chi connectivity index (χ2v) is 9.42. The Kier molecular flexibility index (Phi) is 8.81. The van der Waals surface area contributed by atoms with Crippen molar-refractivity contribution in [3.63, 3.8) is 0 Å². The van der Waals surface area contributed by atoms with Crippen molar-refractivity contribution in [1.82, 2.24) is 0 Å². The first-order valence-corrected chi connectivity index (χ1v) is 9.17. The van der Waals surface area contributed by atoms with Gasteiger partial charge in [-0.25, -0.2) is 10.2 Å². The van der Waals surface area contributed by atoms with Crippen molar-refractivity contribution in [1.29, 1.82) is 5.41 Å². The number of carbonyl (C=O) groups is 1. The molecule has 0 heterocycles. The molecule has 1 unspecified atom stereocenters. The predicted octanol–water partition coefficient (Wildman–Crippen LogP) is 5.66. The molecule has 0 aromatic rings. The molecule has 1 rings (SSSR count). The van der Waals surface area contributed by atoms with Crippen LogP contribution in [0.3, 0.4) is 0 Å². The zero-order valence-corrected chi connectivity index (χ0v) is 17.2. The van der Waals surface area contributed by atoms with E-state index in [2.05, 4.69) is 34.3 Å². The second kappa shape index (κ2) is 9.33. The molecule has 1 N–H and O–H groups in total. The van der Waals surface area contributed by atoms with Gasteiger partial charge in [0.05, 0.1) is 0 Å². The molecule has 0 aromatic heterocycles. The number of rotatable bonds is 6. The Morgan fingerprint density at radius 1 is 1.20 bits per heavy atom. The van der Waals surface area contributed by atoms with Crippen LogP contribution in [0.25, 0.3) is 0 Å². The van der Waals surface area contributed by atoms with Gasteiger partial charge in [0.15, 0.2) is 0 Å². The van der Waals surface area contributed by atoms with Crippen LogP contribution in [0.4, 0.5) is 0 Å². The summed E-state index contributed by atoms with van der Waals surface area (Å²) < 4.78 is 5.44. The highest BCUT2D eigenvalue weighted by Gasteiger charge is 2.48. The van der Waals surface area contributed by atoms with Crippen molar-refractivity contribution in [2.45, 2.75) is 86.2 Å². The summed E-state index contributed by atoms with van der Waals surface area (Å²) in [6, 6.07) is 0. The minimum atomic E-state index is -0.371. The molecule has 0 aromatic carbocycles.